The summed E-state index contributed by atoms with van der Waals surface area (Å²) in [5.41, 5.74) is 1.70. The minimum Gasteiger partial charge on any atom is -0.497 e. The molecule has 0 saturated carbocycles. The molecule has 4 aromatic rings. The van der Waals surface area contributed by atoms with Gasteiger partial charge in [0.2, 0.25) is 0 Å². The van der Waals surface area contributed by atoms with Gasteiger partial charge < -0.3 is 19.3 Å². The number of rotatable bonds is 15. The summed E-state index contributed by atoms with van der Waals surface area (Å²) in [6.07, 6.45) is 0.185. The fraction of sp³-hybridized carbons (Fsp3) is 0.263. The smallest absolute Gasteiger partial charge is 0.305 e. The Morgan fingerprint density at radius 3 is 1.42 bits per heavy atom. The highest BCUT2D eigenvalue weighted by molar-refractivity contribution is 6.32. The fourth-order valence-electron chi connectivity index (χ4n) is 5.08. The monoisotopic (exact) mass is 728 g/mol. The Kier molecular flexibility index (Phi) is 15.4. The van der Waals surface area contributed by atoms with E-state index in [1.165, 1.54) is 62.8 Å². The summed E-state index contributed by atoms with van der Waals surface area (Å²) < 4.78 is 41.5. The average Bonchev–Trinajstić information content (AvgIpc) is 3.10. The van der Waals surface area contributed by atoms with Gasteiger partial charge in [0.15, 0.2) is 11.6 Å². The van der Waals surface area contributed by atoms with Crippen LogP contribution in [0, 0.1) is 11.6 Å². The number of ether oxygens (including phenoxy) is 3. The van der Waals surface area contributed by atoms with Crippen LogP contribution in [0.25, 0.3) is 0 Å². The Bertz CT molecular complexity index is 1780. The largest absolute Gasteiger partial charge is 0.497 e. The molecule has 2 atom stereocenters. The number of esters is 1. The van der Waals surface area contributed by atoms with Crippen molar-refractivity contribution in [2.45, 2.75) is 44.4 Å². The molecule has 0 saturated heterocycles. The van der Waals surface area contributed by atoms with E-state index in [2.05, 4.69) is 0 Å². The van der Waals surface area contributed by atoms with Gasteiger partial charge >= 0.3 is 11.9 Å². The number of methoxy groups -OCH3 is 2. The molecule has 8 nitrogen and oxygen atoms in total. The van der Waals surface area contributed by atoms with Crippen LogP contribution in [-0.2, 0) is 14.3 Å². The van der Waals surface area contributed by atoms with E-state index in [0.29, 0.717) is 43.8 Å². The summed E-state index contributed by atoms with van der Waals surface area (Å²) in [7, 11) is 3.00. The number of Topliss-reactive ketones (excluding diaryl/α,β-unsaturated/α-hetero) is 2. The number of carbonyl (C=O) groups is 4. The lowest BCUT2D eigenvalue weighted by Crippen LogP contribution is -2.16. The molecule has 12 heteroatoms. The van der Waals surface area contributed by atoms with E-state index >= 15 is 0 Å². The van der Waals surface area contributed by atoms with Crippen LogP contribution in [0.3, 0.4) is 0 Å². The number of hydrogen-bond donors (Lipinski definition) is 1. The van der Waals surface area contributed by atoms with Crippen LogP contribution in [-0.4, -0.2) is 49.4 Å². The van der Waals surface area contributed by atoms with E-state index in [9.17, 15) is 28.0 Å². The average molecular weight is 730 g/mol. The lowest BCUT2D eigenvalue weighted by Gasteiger charge is -2.18. The molecule has 4 aromatic carbocycles. The first kappa shape index (κ1) is 39.6. The molecular weight excluding hydrogens is 693 g/mol. The lowest BCUT2D eigenvalue weighted by atomic mass is 9.86. The molecule has 0 spiro atoms. The molecule has 50 heavy (non-hydrogen) atoms. The number of halogens is 4. The number of benzene rings is 4. The summed E-state index contributed by atoms with van der Waals surface area (Å²) >= 11 is 12.5. The predicted molar refractivity (Wildman–Crippen MR) is 186 cm³/mol. The molecule has 0 heterocycles. The number of aliphatic carboxylic acids is 1. The molecule has 264 valence electrons. The minimum absolute atomic E-state index is 0.0684. The lowest BCUT2D eigenvalue weighted by molar-refractivity contribution is -0.143. The first-order valence-electron chi connectivity index (χ1n) is 15.5. The van der Waals surface area contributed by atoms with Gasteiger partial charge in [0, 0.05) is 45.8 Å². The van der Waals surface area contributed by atoms with Crippen LogP contribution in [0.5, 0.6) is 11.5 Å². The topological polar surface area (TPSA) is 116 Å². The van der Waals surface area contributed by atoms with Crippen molar-refractivity contribution in [1.82, 2.24) is 0 Å². The summed E-state index contributed by atoms with van der Waals surface area (Å²) in [5.74, 6) is -3.19. The molecule has 0 radical (unpaired) electrons. The predicted octanol–water partition coefficient (Wildman–Crippen LogP) is 9.12. The van der Waals surface area contributed by atoms with Gasteiger partial charge in [-0.3, -0.25) is 19.2 Å². The Morgan fingerprint density at radius 1 is 0.660 bits per heavy atom. The van der Waals surface area contributed by atoms with E-state index in [4.69, 9.17) is 42.5 Å². The molecule has 0 fully saturated rings. The van der Waals surface area contributed by atoms with Crippen LogP contribution in [0.1, 0.15) is 76.3 Å². The molecule has 1 N–H and O–H groups in total. The second-order valence-electron chi connectivity index (χ2n) is 10.9. The van der Waals surface area contributed by atoms with Crippen LogP contribution in [0.4, 0.5) is 8.78 Å². The van der Waals surface area contributed by atoms with Gasteiger partial charge in [0.1, 0.15) is 23.1 Å². The van der Waals surface area contributed by atoms with Gasteiger partial charge in [-0.25, -0.2) is 8.78 Å². The van der Waals surface area contributed by atoms with E-state index in [0.717, 1.165) is 0 Å². The van der Waals surface area contributed by atoms with Gasteiger partial charge in [0.05, 0.1) is 20.8 Å². The molecule has 2 unspecified atom stereocenters. The Balaban J connectivity index is 0.000000271. The summed E-state index contributed by atoms with van der Waals surface area (Å²) in [6.45, 7) is 1.99. The van der Waals surface area contributed by atoms with Crippen molar-refractivity contribution in [1.29, 1.82) is 0 Å². The third-order valence-electron chi connectivity index (χ3n) is 7.64. The van der Waals surface area contributed by atoms with E-state index < -0.39 is 29.4 Å². The van der Waals surface area contributed by atoms with Crippen molar-refractivity contribution in [3.05, 3.63) is 129 Å². The highest BCUT2D eigenvalue weighted by atomic mass is 35.5. The number of hydrogen-bond acceptors (Lipinski definition) is 7. The molecule has 0 bridgehead atoms. The van der Waals surface area contributed by atoms with Crippen molar-refractivity contribution in [3.63, 3.8) is 0 Å². The zero-order valence-electron chi connectivity index (χ0n) is 27.6. The highest BCUT2D eigenvalue weighted by Crippen LogP contribution is 2.35. The van der Waals surface area contributed by atoms with Gasteiger partial charge in [-0.15, -0.1) is 0 Å². The molecule has 0 aliphatic rings. The first-order valence-corrected chi connectivity index (χ1v) is 16.3. The highest BCUT2D eigenvalue weighted by Gasteiger charge is 2.27. The van der Waals surface area contributed by atoms with Crippen molar-refractivity contribution in [2.75, 3.05) is 20.8 Å². The van der Waals surface area contributed by atoms with Crippen LogP contribution in [0.15, 0.2) is 84.9 Å². The first-order chi connectivity index (χ1) is 23.9. The van der Waals surface area contributed by atoms with Gasteiger partial charge in [-0.2, -0.15) is 0 Å². The van der Waals surface area contributed by atoms with Gasteiger partial charge in [0.25, 0.3) is 0 Å². The second-order valence-corrected chi connectivity index (χ2v) is 11.7. The number of carboxylic acids is 1. The third-order valence-corrected chi connectivity index (χ3v) is 8.33. The maximum atomic E-state index is 13.2. The number of ketones is 2. The Labute approximate surface area is 298 Å². The molecule has 0 aromatic heterocycles. The zero-order valence-corrected chi connectivity index (χ0v) is 29.1. The van der Waals surface area contributed by atoms with E-state index in [1.807, 2.05) is 0 Å². The van der Waals surface area contributed by atoms with Gasteiger partial charge in [-0.05, 0) is 116 Å². The zero-order chi connectivity index (χ0) is 36.8. The van der Waals surface area contributed by atoms with E-state index in [-0.39, 0.29) is 49.8 Å². The Hall–Kier alpha value is -4.80. The molecule has 4 rings (SSSR count). The fourth-order valence-corrected chi connectivity index (χ4v) is 5.58. The SMILES string of the molecule is CCOC(=O)CCC(C(=O)c1ccc(F)cc1)c1cc(OC)ccc1Cl.COc1ccc(Cl)c(C(CCC(=O)O)C(=O)c2ccc(F)cc2)c1. The van der Waals surface area contributed by atoms with Crippen molar-refractivity contribution in [2.24, 2.45) is 0 Å². The summed E-state index contributed by atoms with van der Waals surface area (Å²) in [6, 6.07) is 20.3. The quantitative estimate of drug-likeness (QED) is 0.0952. The normalized spacial score (nSPS) is 11.7. The number of carboxylic acid groups (broad SMARTS) is 1. The standard InChI is InChI=1S/C20H20ClFO4.C18H16ClFO4/c1-3-26-19(23)11-9-16(17-12-15(25-2)8-10-18(17)21)20(24)13-4-6-14(22)7-5-13;1-24-13-6-8-16(19)15(10-13)14(7-9-17(21)22)18(23)11-2-4-12(20)5-3-11/h4-8,10,12,16H,3,9,11H2,1-2H3;2-6,8,10,14H,7,9H2,1H3,(H,21,22). The molecular formula is C38H36Cl2F2O8. The third kappa shape index (κ3) is 11.4. The Morgan fingerprint density at radius 2 is 1.06 bits per heavy atom. The summed E-state index contributed by atoms with van der Waals surface area (Å²) in [5, 5.41) is 9.70. The summed E-state index contributed by atoms with van der Waals surface area (Å²) in [4.78, 5) is 48.5. The number of carbonyl (C=O) groups excluding carboxylic acids is 3. The molecule has 0 amide bonds. The van der Waals surface area contributed by atoms with Crippen molar-refractivity contribution in [3.8, 4) is 11.5 Å². The minimum atomic E-state index is -1.01. The van der Waals surface area contributed by atoms with Crippen LogP contribution >= 0.6 is 23.2 Å². The maximum Gasteiger partial charge on any atom is 0.305 e. The van der Waals surface area contributed by atoms with Crippen LogP contribution in [0.2, 0.25) is 10.0 Å². The molecule has 0 aliphatic carbocycles. The van der Waals surface area contributed by atoms with Crippen molar-refractivity contribution < 1.29 is 47.3 Å². The second kappa shape index (κ2) is 19.4. The van der Waals surface area contributed by atoms with Crippen molar-refractivity contribution >= 4 is 46.7 Å². The maximum absolute atomic E-state index is 13.2. The van der Waals surface area contributed by atoms with Gasteiger partial charge in [-0.1, -0.05) is 23.2 Å². The molecule has 0 aliphatic heterocycles. The van der Waals surface area contributed by atoms with Crippen LogP contribution < -0.4 is 9.47 Å². The van der Waals surface area contributed by atoms with E-state index in [1.54, 1.807) is 43.3 Å².